The third-order valence-electron chi connectivity index (χ3n) is 4.65. The van der Waals surface area contributed by atoms with E-state index in [1.807, 2.05) is 6.07 Å². The van der Waals surface area contributed by atoms with Crippen molar-refractivity contribution in [2.75, 3.05) is 0 Å². The van der Waals surface area contributed by atoms with Gasteiger partial charge in [0.2, 0.25) is 0 Å². The second-order valence-corrected chi connectivity index (χ2v) is 7.16. The fourth-order valence-electron chi connectivity index (χ4n) is 3.18. The van der Waals surface area contributed by atoms with Crippen LogP contribution in [-0.2, 0) is 17.5 Å². The zero-order chi connectivity index (χ0) is 22.8. The summed E-state index contributed by atoms with van der Waals surface area (Å²) in [6.45, 7) is 3.53. The molecule has 0 radical (unpaired) electrons. The Bertz CT molecular complexity index is 1190. The fourth-order valence-corrected chi connectivity index (χ4v) is 3.41. The summed E-state index contributed by atoms with van der Waals surface area (Å²) in [7, 11) is 0. The van der Waals surface area contributed by atoms with Crippen molar-refractivity contribution < 1.29 is 22.4 Å². The van der Waals surface area contributed by atoms with Crippen LogP contribution in [0.3, 0.4) is 0 Å². The second-order valence-electron chi connectivity index (χ2n) is 6.76. The van der Waals surface area contributed by atoms with E-state index in [1.165, 1.54) is 24.5 Å². The molecule has 0 aliphatic rings. The minimum atomic E-state index is -4.59. The Labute approximate surface area is 181 Å². The minimum absolute atomic E-state index is 0.120. The largest absolute Gasteiger partial charge is 0.467 e. The van der Waals surface area contributed by atoms with E-state index in [0.29, 0.717) is 22.7 Å². The Morgan fingerprint density at radius 1 is 1.29 bits per heavy atom. The number of nitrogens with one attached hydrogen (secondary N) is 1. The lowest BCUT2D eigenvalue weighted by Crippen LogP contribution is -2.23. The number of amides is 1. The van der Waals surface area contributed by atoms with Crippen molar-refractivity contribution in [1.29, 1.82) is 5.26 Å². The Hall–Kier alpha value is -3.44. The summed E-state index contributed by atoms with van der Waals surface area (Å²) in [6, 6.07) is 10.5. The van der Waals surface area contributed by atoms with Crippen molar-refractivity contribution in [3.63, 3.8) is 0 Å². The molecular formula is C22H17ClF3N3O2. The molecule has 0 spiro atoms. The predicted octanol–water partition coefficient (Wildman–Crippen LogP) is 5.58. The van der Waals surface area contributed by atoms with Gasteiger partial charge >= 0.3 is 6.18 Å². The van der Waals surface area contributed by atoms with Gasteiger partial charge in [0.1, 0.15) is 17.4 Å². The van der Waals surface area contributed by atoms with Gasteiger partial charge in [-0.15, -0.1) is 0 Å². The van der Waals surface area contributed by atoms with Crippen LogP contribution >= 0.6 is 11.6 Å². The minimum Gasteiger partial charge on any atom is -0.467 e. The molecule has 0 aliphatic heterocycles. The van der Waals surface area contributed by atoms with Gasteiger partial charge in [0.25, 0.3) is 5.91 Å². The van der Waals surface area contributed by atoms with E-state index in [1.54, 1.807) is 36.6 Å². The van der Waals surface area contributed by atoms with Crippen LogP contribution in [0.2, 0.25) is 5.02 Å². The Balaban J connectivity index is 1.94. The number of aryl methyl sites for hydroxylation is 1. The molecule has 0 aliphatic carbocycles. The molecule has 0 saturated heterocycles. The van der Waals surface area contributed by atoms with Gasteiger partial charge in [-0.2, -0.15) is 18.4 Å². The van der Waals surface area contributed by atoms with E-state index in [9.17, 15) is 23.2 Å². The van der Waals surface area contributed by atoms with Crippen LogP contribution in [0.4, 0.5) is 13.2 Å². The summed E-state index contributed by atoms with van der Waals surface area (Å²) in [5.74, 6) is -0.0541. The zero-order valence-electron chi connectivity index (χ0n) is 16.5. The average Bonchev–Trinajstić information content (AvgIpc) is 3.32. The zero-order valence-corrected chi connectivity index (χ0v) is 17.3. The van der Waals surface area contributed by atoms with Crippen LogP contribution in [0, 0.1) is 25.2 Å². The lowest BCUT2D eigenvalue weighted by molar-refractivity contribution is -0.137. The molecule has 1 aromatic carbocycles. The molecule has 1 amide bonds. The summed E-state index contributed by atoms with van der Waals surface area (Å²) in [5.41, 5.74) is 0.926. The first-order valence-corrected chi connectivity index (χ1v) is 9.48. The molecule has 0 atom stereocenters. The molecule has 0 saturated carbocycles. The molecule has 0 unspecified atom stereocenters. The summed E-state index contributed by atoms with van der Waals surface area (Å²) < 4.78 is 46.5. The summed E-state index contributed by atoms with van der Waals surface area (Å²) in [5, 5.41) is 11.6. The monoisotopic (exact) mass is 447 g/mol. The lowest BCUT2D eigenvalue weighted by Gasteiger charge is -2.14. The first kappa shape index (κ1) is 22.2. The van der Waals surface area contributed by atoms with Gasteiger partial charge in [0, 0.05) is 17.1 Å². The number of nitrogens with zero attached hydrogens (tertiary/aromatic N) is 2. The molecule has 2 aromatic heterocycles. The van der Waals surface area contributed by atoms with Crippen LogP contribution in [0.15, 0.2) is 52.7 Å². The maximum atomic E-state index is 13.2. The van der Waals surface area contributed by atoms with Crippen LogP contribution in [0.5, 0.6) is 0 Å². The molecule has 0 fully saturated rings. The first-order valence-electron chi connectivity index (χ1n) is 9.10. The highest BCUT2D eigenvalue weighted by atomic mass is 35.5. The second kappa shape index (κ2) is 8.74. The topological polar surface area (TPSA) is 71.0 Å². The number of hydrogen-bond donors (Lipinski definition) is 1. The van der Waals surface area contributed by atoms with Crippen molar-refractivity contribution in [2.45, 2.75) is 26.6 Å². The highest BCUT2D eigenvalue weighted by Crippen LogP contribution is 2.36. The van der Waals surface area contributed by atoms with Crippen molar-refractivity contribution >= 4 is 23.6 Å². The number of furan rings is 1. The average molecular weight is 448 g/mol. The van der Waals surface area contributed by atoms with E-state index in [0.717, 1.165) is 6.07 Å². The van der Waals surface area contributed by atoms with Crippen molar-refractivity contribution in [1.82, 2.24) is 9.88 Å². The molecule has 31 heavy (non-hydrogen) atoms. The Morgan fingerprint density at radius 2 is 2.03 bits per heavy atom. The normalized spacial score (nSPS) is 12.0. The van der Waals surface area contributed by atoms with Gasteiger partial charge in [0.15, 0.2) is 0 Å². The van der Waals surface area contributed by atoms with Crippen LogP contribution in [-0.4, -0.2) is 10.5 Å². The molecule has 3 aromatic rings. The number of hydrogen-bond acceptors (Lipinski definition) is 3. The third kappa shape index (κ3) is 4.84. The number of carbonyl (C=O) groups excluding carboxylic acids is 1. The smallest absolute Gasteiger partial charge is 0.417 e. The predicted molar refractivity (Wildman–Crippen MR) is 109 cm³/mol. The summed E-state index contributed by atoms with van der Waals surface area (Å²) in [6.07, 6.45) is -1.72. The lowest BCUT2D eigenvalue weighted by atomic mass is 10.1. The molecule has 2 heterocycles. The Morgan fingerprint density at radius 3 is 2.65 bits per heavy atom. The van der Waals surface area contributed by atoms with Gasteiger partial charge in [-0.05, 0) is 61.9 Å². The van der Waals surface area contributed by atoms with E-state index < -0.39 is 17.6 Å². The van der Waals surface area contributed by atoms with E-state index >= 15 is 0 Å². The van der Waals surface area contributed by atoms with Gasteiger partial charge < -0.3 is 14.3 Å². The van der Waals surface area contributed by atoms with Crippen LogP contribution < -0.4 is 5.32 Å². The quantitative estimate of drug-likeness (QED) is 0.410. The number of nitriles is 1. The number of rotatable bonds is 5. The van der Waals surface area contributed by atoms with Crippen LogP contribution in [0.25, 0.3) is 11.8 Å². The van der Waals surface area contributed by atoms with E-state index in [-0.39, 0.29) is 22.8 Å². The van der Waals surface area contributed by atoms with Crippen molar-refractivity contribution in [3.05, 3.63) is 81.5 Å². The Kier molecular flexibility index (Phi) is 6.27. The molecular weight excluding hydrogens is 431 g/mol. The number of benzene rings is 1. The third-order valence-corrected chi connectivity index (χ3v) is 4.98. The molecule has 1 N–H and O–H groups in total. The van der Waals surface area contributed by atoms with E-state index in [2.05, 4.69) is 5.32 Å². The maximum Gasteiger partial charge on any atom is 0.417 e. The van der Waals surface area contributed by atoms with Gasteiger partial charge in [0.05, 0.1) is 23.4 Å². The molecule has 9 heteroatoms. The van der Waals surface area contributed by atoms with Crippen LogP contribution in [0.1, 0.15) is 28.3 Å². The van der Waals surface area contributed by atoms with Crippen molar-refractivity contribution in [3.8, 4) is 11.8 Å². The first-order chi connectivity index (χ1) is 14.6. The number of alkyl halides is 3. The standard InChI is InChI=1S/C22H17ClF3N3O2/c1-13-8-15(9-16(11-27)21(30)28-12-18-4-3-7-31-18)14(2)29(13)17-5-6-20(23)19(10-17)22(24,25)26/h3-10H,12H2,1-2H3,(H,28,30)/b16-9+. The van der Waals surface area contributed by atoms with Gasteiger partial charge in [-0.3, -0.25) is 4.79 Å². The number of aromatic nitrogens is 1. The molecule has 0 bridgehead atoms. The summed E-state index contributed by atoms with van der Waals surface area (Å²) >= 11 is 5.72. The summed E-state index contributed by atoms with van der Waals surface area (Å²) in [4.78, 5) is 12.3. The highest BCUT2D eigenvalue weighted by molar-refractivity contribution is 6.31. The van der Waals surface area contributed by atoms with Gasteiger partial charge in [-0.25, -0.2) is 0 Å². The fraction of sp³-hybridized carbons (Fsp3) is 0.182. The maximum absolute atomic E-state index is 13.2. The number of carbonyl (C=O) groups is 1. The van der Waals surface area contributed by atoms with E-state index in [4.69, 9.17) is 16.0 Å². The molecule has 3 rings (SSSR count). The number of halogens is 4. The van der Waals surface area contributed by atoms with Crippen molar-refractivity contribution in [2.24, 2.45) is 0 Å². The van der Waals surface area contributed by atoms with Gasteiger partial charge in [-0.1, -0.05) is 11.6 Å². The molecule has 5 nitrogen and oxygen atoms in total. The molecule has 160 valence electrons. The highest BCUT2D eigenvalue weighted by Gasteiger charge is 2.33. The SMILES string of the molecule is Cc1cc(/C=C(\C#N)C(=O)NCc2ccco2)c(C)n1-c1ccc(Cl)c(C(F)(F)F)c1.